The van der Waals surface area contributed by atoms with Gasteiger partial charge in [0, 0.05) is 21.9 Å². The van der Waals surface area contributed by atoms with Crippen LogP contribution in [0.4, 0.5) is 0 Å². The minimum atomic E-state index is -0.329. The zero-order valence-electron chi connectivity index (χ0n) is 25.6. The van der Waals surface area contributed by atoms with Crippen LogP contribution in [-0.2, 0) is 0 Å². The highest BCUT2D eigenvalue weighted by molar-refractivity contribution is 6.08. The van der Waals surface area contributed by atoms with Gasteiger partial charge in [0.2, 0.25) is 0 Å². The summed E-state index contributed by atoms with van der Waals surface area (Å²) >= 11 is 0. The maximum Gasteiger partial charge on any atom is 0.136 e. The number of amidine groups is 1. The van der Waals surface area contributed by atoms with Crippen molar-refractivity contribution in [1.82, 2.24) is 10.6 Å². The van der Waals surface area contributed by atoms with Crippen molar-refractivity contribution in [3.63, 3.8) is 0 Å². The number of fused-ring (bicyclic) bond motifs is 4. The van der Waals surface area contributed by atoms with Crippen molar-refractivity contribution in [3.05, 3.63) is 180 Å². The number of furan rings is 1. The molecule has 2 atom stereocenters. The van der Waals surface area contributed by atoms with Gasteiger partial charge in [-0.3, -0.25) is 5.32 Å². The first kappa shape index (κ1) is 27.3. The van der Waals surface area contributed by atoms with E-state index < -0.39 is 0 Å². The first-order valence-corrected chi connectivity index (χ1v) is 16.0. The van der Waals surface area contributed by atoms with Crippen LogP contribution in [0, 0.1) is 0 Å². The van der Waals surface area contributed by atoms with E-state index in [0.717, 1.165) is 50.0 Å². The maximum absolute atomic E-state index is 6.50. The second-order valence-corrected chi connectivity index (χ2v) is 12.0. The highest BCUT2D eigenvalue weighted by Crippen LogP contribution is 2.39. The maximum atomic E-state index is 6.50. The minimum Gasteiger partial charge on any atom is -0.456 e. The third-order valence-electron chi connectivity index (χ3n) is 9.17. The second-order valence-electron chi connectivity index (χ2n) is 12.0. The molecule has 0 radical (unpaired) electrons. The summed E-state index contributed by atoms with van der Waals surface area (Å²) in [4.78, 5) is 5.36. The molecule has 0 bridgehead atoms. The molecule has 0 fully saturated rings. The van der Waals surface area contributed by atoms with E-state index in [1.165, 1.54) is 27.5 Å². The second kappa shape index (κ2) is 11.4. The van der Waals surface area contributed by atoms with E-state index in [-0.39, 0.29) is 12.3 Å². The molecular weight excluding hydrogens is 574 g/mol. The first-order valence-electron chi connectivity index (χ1n) is 16.0. The average Bonchev–Trinajstić information content (AvgIpc) is 3.53. The fraction of sp³-hybridized carbons (Fsp3) is 0.0465. The van der Waals surface area contributed by atoms with Crippen LogP contribution in [0.1, 0.15) is 29.0 Å². The number of hydrogen-bond donors (Lipinski definition) is 2. The molecule has 0 spiro atoms. The number of nitrogens with one attached hydrogen (secondary N) is 2. The molecule has 0 aliphatic carbocycles. The molecule has 2 unspecified atom stereocenters. The molecule has 0 amide bonds. The van der Waals surface area contributed by atoms with Crippen molar-refractivity contribution in [2.75, 3.05) is 0 Å². The van der Waals surface area contributed by atoms with Crippen molar-refractivity contribution in [1.29, 1.82) is 0 Å². The highest BCUT2D eigenvalue weighted by atomic mass is 16.3. The lowest BCUT2D eigenvalue weighted by Gasteiger charge is -2.33. The molecular formula is C43H31N3O. The third-order valence-corrected chi connectivity index (χ3v) is 9.17. The number of rotatable bonds is 5. The normalized spacial score (nSPS) is 16.3. The monoisotopic (exact) mass is 605 g/mol. The summed E-state index contributed by atoms with van der Waals surface area (Å²) in [7, 11) is 0. The lowest BCUT2D eigenvalue weighted by atomic mass is 9.96. The summed E-state index contributed by atoms with van der Waals surface area (Å²) in [6, 6.07) is 57.4. The van der Waals surface area contributed by atoms with Crippen LogP contribution in [0.15, 0.2) is 173 Å². The number of nitrogens with zero attached hydrogens (tertiary/aromatic N) is 1. The van der Waals surface area contributed by atoms with E-state index in [4.69, 9.17) is 9.41 Å². The van der Waals surface area contributed by atoms with Gasteiger partial charge in [-0.15, -0.1) is 0 Å². The third kappa shape index (κ3) is 4.96. The minimum absolute atomic E-state index is 0.200. The predicted molar refractivity (Wildman–Crippen MR) is 193 cm³/mol. The molecule has 1 aliphatic rings. The molecule has 0 saturated heterocycles. The Morgan fingerprint density at radius 1 is 0.489 bits per heavy atom. The predicted octanol–water partition coefficient (Wildman–Crippen LogP) is 10.4. The van der Waals surface area contributed by atoms with Crippen LogP contribution in [0.3, 0.4) is 0 Å². The molecule has 4 heteroatoms. The molecule has 1 aromatic heterocycles. The lowest BCUT2D eigenvalue weighted by molar-refractivity contribution is 0.411. The Hall–Kier alpha value is -5.97. The van der Waals surface area contributed by atoms with Crippen molar-refractivity contribution >= 4 is 38.5 Å². The first-order chi connectivity index (χ1) is 23.3. The summed E-state index contributed by atoms with van der Waals surface area (Å²) in [5.41, 5.74) is 9.66. The van der Waals surface area contributed by atoms with Crippen LogP contribution in [-0.4, -0.2) is 5.84 Å². The van der Waals surface area contributed by atoms with Crippen molar-refractivity contribution in [2.24, 2.45) is 4.99 Å². The Morgan fingerprint density at radius 2 is 1.19 bits per heavy atom. The fourth-order valence-electron chi connectivity index (χ4n) is 6.88. The molecule has 224 valence electrons. The molecule has 47 heavy (non-hydrogen) atoms. The van der Waals surface area contributed by atoms with Gasteiger partial charge >= 0.3 is 0 Å². The Morgan fingerprint density at radius 3 is 2.04 bits per heavy atom. The van der Waals surface area contributed by atoms with Gasteiger partial charge in [0.25, 0.3) is 0 Å². The van der Waals surface area contributed by atoms with E-state index >= 15 is 0 Å². The molecule has 7 aromatic carbocycles. The summed E-state index contributed by atoms with van der Waals surface area (Å²) in [6.07, 6.45) is -0.529. The van der Waals surface area contributed by atoms with Crippen molar-refractivity contribution in [3.8, 4) is 22.3 Å². The zero-order valence-corrected chi connectivity index (χ0v) is 25.6. The number of hydrogen-bond acceptors (Lipinski definition) is 4. The van der Waals surface area contributed by atoms with E-state index in [9.17, 15) is 0 Å². The van der Waals surface area contributed by atoms with Gasteiger partial charge in [-0.1, -0.05) is 140 Å². The fourth-order valence-corrected chi connectivity index (χ4v) is 6.88. The summed E-state index contributed by atoms with van der Waals surface area (Å²) in [5, 5.41) is 12.2. The molecule has 1 aliphatic heterocycles. The smallest absolute Gasteiger partial charge is 0.136 e. The highest BCUT2D eigenvalue weighted by Gasteiger charge is 2.29. The topological polar surface area (TPSA) is 49.6 Å². The molecule has 2 heterocycles. The number of benzene rings is 7. The van der Waals surface area contributed by atoms with Crippen LogP contribution in [0.5, 0.6) is 0 Å². The SMILES string of the molecule is c1ccc(-c2ccc3c(c2)oc2cccc(C4N=C(c5ccc6ccccc6c5)NC(c5ccccc5-c5ccccc5)N4)c23)cc1. The van der Waals surface area contributed by atoms with Crippen LogP contribution >= 0.6 is 0 Å². The van der Waals surface area contributed by atoms with Crippen molar-refractivity contribution in [2.45, 2.75) is 12.3 Å². The van der Waals surface area contributed by atoms with Crippen molar-refractivity contribution < 1.29 is 4.42 Å². The van der Waals surface area contributed by atoms with Gasteiger partial charge in [-0.25, -0.2) is 4.99 Å². The largest absolute Gasteiger partial charge is 0.456 e. The van der Waals surface area contributed by atoms with E-state index in [2.05, 4.69) is 168 Å². The van der Waals surface area contributed by atoms with Crippen LogP contribution in [0.2, 0.25) is 0 Å². The Bertz CT molecular complexity index is 2430. The van der Waals surface area contributed by atoms with Gasteiger partial charge in [0.05, 0.1) is 0 Å². The summed E-state index contributed by atoms with van der Waals surface area (Å²) < 4.78 is 6.50. The van der Waals surface area contributed by atoms with Gasteiger partial charge < -0.3 is 9.73 Å². The van der Waals surface area contributed by atoms with Gasteiger partial charge in [-0.2, -0.15) is 0 Å². The molecule has 2 N–H and O–H groups in total. The van der Waals surface area contributed by atoms with E-state index in [1.807, 2.05) is 6.07 Å². The van der Waals surface area contributed by atoms with Gasteiger partial charge in [0.1, 0.15) is 29.3 Å². The average molecular weight is 606 g/mol. The van der Waals surface area contributed by atoms with Gasteiger partial charge in [0.15, 0.2) is 0 Å². The van der Waals surface area contributed by atoms with E-state index in [1.54, 1.807) is 0 Å². The molecule has 8 aromatic rings. The summed E-state index contributed by atoms with van der Waals surface area (Å²) in [6.45, 7) is 0. The Kier molecular flexibility index (Phi) is 6.65. The summed E-state index contributed by atoms with van der Waals surface area (Å²) in [5.74, 6) is 0.850. The van der Waals surface area contributed by atoms with Crippen LogP contribution in [0.25, 0.3) is 55.0 Å². The standard InChI is InChI=1S/C43H31N3O/c1-3-12-28(13-4-1)32-24-25-36-39(27-32)47-38-21-11-20-37(40(36)38)43-45-41(33-23-22-29-14-7-8-17-31(29)26-33)44-42(46-43)35-19-10-9-18-34(35)30-15-5-2-6-16-30/h1-27,42-43,46H,(H,44,45). The van der Waals surface area contributed by atoms with Crippen LogP contribution < -0.4 is 10.6 Å². The lowest BCUT2D eigenvalue weighted by Crippen LogP contribution is -2.45. The number of aliphatic imine (C=N–C) groups is 1. The Labute approximate surface area is 273 Å². The molecule has 9 rings (SSSR count). The molecule has 4 nitrogen and oxygen atoms in total. The van der Waals surface area contributed by atoms with E-state index in [0.29, 0.717) is 0 Å². The molecule has 0 saturated carbocycles. The Balaban J connectivity index is 1.20. The quantitative estimate of drug-likeness (QED) is 0.205. The van der Waals surface area contributed by atoms with Gasteiger partial charge in [-0.05, 0) is 62.9 Å². The zero-order chi connectivity index (χ0) is 31.2.